The summed E-state index contributed by atoms with van der Waals surface area (Å²) in [5, 5.41) is 2.70. The summed E-state index contributed by atoms with van der Waals surface area (Å²) in [4.78, 5) is 11.5. The van der Waals surface area contributed by atoms with Crippen LogP contribution in [0, 0.1) is 0 Å². The molecule has 4 nitrogen and oxygen atoms in total. The van der Waals surface area contributed by atoms with Crippen LogP contribution in [0.4, 0.5) is 0 Å². The Morgan fingerprint density at radius 1 is 1.43 bits per heavy atom. The summed E-state index contributed by atoms with van der Waals surface area (Å²) in [6.07, 6.45) is 1.93. The van der Waals surface area contributed by atoms with Crippen LogP contribution in [-0.2, 0) is 9.53 Å². The standard InChI is InChI=1S/C9H18N2O2S/c1-2-6-13-7-4-9(12)11-5-3-8(10)14/h2-7H2,1H3,(H2,10,14)(H,11,12). The van der Waals surface area contributed by atoms with E-state index in [4.69, 9.17) is 10.5 Å². The molecule has 0 fully saturated rings. The monoisotopic (exact) mass is 218 g/mol. The molecule has 14 heavy (non-hydrogen) atoms. The van der Waals surface area contributed by atoms with E-state index in [9.17, 15) is 4.79 Å². The number of nitrogens with two attached hydrogens (primary N) is 1. The minimum Gasteiger partial charge on any atom is -0.393 e. The van der Waals surface area contributed by atoms with Crippen LogP contribution in [0.15, 0.2) is 0 Å². The third kappa shape index (κ3) is 9.41. The first-order valence-corrected chi connectivity index (χ1v) is 5.20. The van der Waals surface area contributed by atoms with Crippen molar-refractivity contribution in [3.05, 3.63) is 0 Å². The van der Waals surface area contributed by atoms with Gasteiger partial charge in [0.05, 0.1) is 11.6 Å². The molecular weight excluding hydrogens is 200 g/mol. The minimum atomic E-state index is -0.0163. The molecular formula is C9H18N2O2S. The molecule has 0 unspecified atom stereocenters. The first-order chi connectivity index (χ1) is 6.66. The Morgan fingerprint density at radius 2 is 2.14 bits per heavy atom. The van der Waals surface area contributed by atoms with Gasteiger partial charge in [0.2, 0.25) is 5.91 Å². The number of nitrogens with one attached hydrogen (secondary N) is 1. The molecule has 0 bridgehead atoms. The molecule has 82 valence electrons. The van der Waals surface area contributed by atoms with Crippen molar-refractivity contribution in [2.24, 2.45) is 5.73 Å². The molecule has 1 amide bonds. The molecule has 0 atom stereocenters. The number of carbonyl (C=O) groups excluding carboxylic acids is 1. The van der Waals surface area contributed by atoms with E-state index < -0.39 is 0 Å². The number of carbonyl (C=O) groups is 1. The highest BCUT2D eigenvalue weighted by atomic mass is 32.1. The van der Waals surface area contributed by atoms with Gasteiger partial charge < -0.3 is 15.8 Å². The van der Waals surface area contributed by atoms with Gasteiger partial charge in [0.25, 0.3) is 0 Å². The summed E-state index contributed by atoms with van der Waals surface area (Å²) >= 11 is 4.67. The van der Waals surface area contributed by atoms with Gasteiger partial charge in [-0.3, -0.25) is 4.79 Å². The van der Waals surface area contributed by atoms with Gasteiger partial charge in [-0.05, 0) is 6.42 Å². The van der Waals surface area contributed by atoms with E-state index in [1.165, 1.54) is 0 Å². The van der Waals surface area contributed by atoms with Crippen molar-refractivity contribution in [2.45, 2.75) is 26.2 Å². The molecule has 0 rings (SSSR count). The van der Waals surface area contributed by atoms with Crippen LogP contribution in [-0.4, -0.2) is 30.7 Å². The maximum atomic E-state index is 11.1. The maximum Gasteiger partial charge on any atom is 0.222 e. The summed E-state index contributed by atoms with van der Waals surface area (Å²) in [5.74, 6) is -0.0163. The number of amides is 1. The zero-order valence-corrected chi connectivity index (χ0v) is 9.36. The molecule has 0 aromatic rings. The lowest BCUT2D eigenvalue weighted by Crippen LogP contribution is -2.28. The number of rotatable bonds is 8. The Kier molecular flexibility index (Phi) is 8.47. The molecule has 0 aliphatic rings. The highest BCUT2D eigenvalue weighted by Gasteiger charge is 2.00. The van der Waals surface area contributed by atoms with E-state index in [1.807, 2.05) is 6.92 Å². The Bertz CT molecular complexity index is 186. The van der Waals surface area contributed by atoms with Crippen molar-refractivity contribution in [3.8, 4) is 0 Å². The number of hydrogen-bond acceptors (Lipinski definition) is 3. The molecule has 0 heterocycles. The predicted octanol–water partition coefficient (Wildman–Crippen LogP) is 0.596. The summed E-state index contributed by atoms with van der Waals surface area (Å²) in [5.41, 5.74) is 5.27. The highest BCUT2D eigenvalue weighted by Crippen LogP contribution is 1.86. The van der Waals surface area contributed by atoms with Gasteiger partial charge in [-0.25, -0.2) is 0 Å². The molecule has 0 spiro atoms. The van der Waals surface area contributed by atoms with Crippen molar-refractivity contribution < 1.29 is 9.53 Å². The van der Waals surface area contributed by atoms with Gasteiger partial charge in [-0.15, -0.1) is 0 Å². The van der Waals surface area contributed by atoms with Gasteiger partial charge in [0, 0.05) is 26.0 Å². The quantitative estimate of drug-likeness (QED) is 0.462. The van der Waals surface area contributed by atoms with Crippen molar-refractivity contribution >= 4 is 23.1 Å². The zero-order chi connectivity index (χ0) is 10.8. The Hall–Kier alpha value is -0.680. The number of thiocarbonyl (C=S) groups is 1. The largest absolute Gasteiger partial charge is 0.393 e. The van der Waals surface area contributed by atoms with E-state index in [-0.39, 0.29) is 5.91 Å². The third-order valence-corrected chi connectivity index (χ3v) is 1.72. The number of hydrogen-bond donors (Lipinski definition) is 2. The average Bonchev–Trinajstić information content (AvgIpc) is 2.12. The minimum absolute atomic E-state index is 0.0163. The lowest BCUT2D eigenvalue weighted by molar-refractivity contribution is -0.122. The second kappa shape index (κ2) is 8.90. The predicted molar refractivity (Wildman–Crippen MR) is 60.1 cm³/mol. The van der Waals surface area contributed by atoms with Crippen molar-refractivity contribution in [1.82, 2.24) is 5.32 Å². The van der Waals surface area contributed by atoms with Gasteiger partial charge in [-0.2, -0.15) is 0 Å². The zero-order valence-electron chi connectivity index (χ0n) is 8.54. The fourth-order valence-corrected chi connectivity index (χ4v) is 0.927. The van der Waals surface area contributed by atoms with Gasteiger partial charge in [0.15, 0.2) is 0 Å². The third-order valence-electron chi connectivity index (χ3n) is 1.52. The highest BCUT2D eigenvalue weighted by molar-refractivity contribution is 7.80. The first-order valence-electron chi connectivity index (χ1n) is 4.79. The van der Waals surface area contributed by atoms with E-state index >= 15 is 0 Å². The number of ether oxygens (including phenoxy) is 1. The van der Waals surface area contributed by atoms with Crippen LogP contribution < -0.4 is 11.1 Å². The van der Waals surface area contributed by atoms with Gasteiger partial charge in [0.1, 0.15) is 0 Å². The van der Waals surface area contributed by atoms with Gasteiger partial charge in [-0.1, -0.05) is 19.1 Å². The Labute approximate surface area is 90.2 Å². The topological polar surface area (TPSA) is 64.3 Å². The van der Waals surface area contributed by atoms with Crippen LogP contribution in [0.25, 0.3) is 0 Å². The van der Waals surface area contributed by atoms with Crippen LogP contribution in [0.5, 0.6) is 0 Å². The second-order valence-electron chi connectivity index (χ2n) is 2.93. The fraction of sp³-hybridized carbons (Fsp3) is 0.778. The molecule has 0 saturated carbocycles. The molecule has 5 heteroatoms. The first kappa shape index (κ1) is 13.3. The van der Waals surface area contributed by atoms with Crippen LogP contribution >= 0.6 is 12.2 Å². The summed E-state index contributed by atoms with van der Waals surface area (Å²) in [6, 6.07) is 0. The molecule has 0 saturated heterocycles. The van der Waals surface area contributed by atoms with E-state index in [0.29, 0.717) is 37.6 Å². The van der Waals surface area contributed by atoms with Crippen LogP contribution in [0.2, 0.25) is 0 Å². The fourth-order valence-electron chi connectivity index (χ4n) is 0.825. The molecule has 0 aliphatic carbocycles. The summed E-state index contributed by atoms with van der Waals surface area (Å²) in [7, 11) is 0. The molecule has 0 aromatic heterocycles. The summed E-state index contributed by atoms with van der Waals surface area (Å²) in [6.45, 7) is 3.73. The molecule has 0 radical (unpaired) electrons. The molecule has 0 aromatic carbocycles. The second-order valence-corrected chi connectivity index (χ2v) is 3.45. The van der Waals surface area contributed by atoms with Crippen molar-refractivity contribution in [3.63, 3.8) is 0 Å². The normalized spacial score (nSPS) is 9.79. The SMILES string of the molecule is CCCOCCC(=O)NCCC(N)=S. The Balaban J connectivity index is 3.24. The van der Waals surface area contributed by atoms with E-state index in [0.717, 1.165) is 6.42 Å². The van der Waals surface area contributed by atoms with Crippen molar-refractivity contribution in [1.29, 1.82) is 0 Å². The van der Waals surface area contributed by atoms with E-state index in [1.54, 1.807) is 0 Å². The summed E-state index contributed by atoms with van der Waals surface area (Å²) < 4.78 is 5.17. The maximum absolute atomic E-state index is 11.1. The molecule has 0 aliphatic heterocycles. The smallest absolute Gasteiger partial charge is 0.222 e. The van der Waals surface area contributed by atoms with Crippen LogP contribution in [0.1, 0.15) is 26.2 Å². The lowest BCUT2D eigenvalue weighted by atomic mass is 10.4. The molecule has 3 N–H and O–H groups in total. The average molecular weight is 218 g/mol. The Morgan fingerprint density at radius 3 is 2.71 bits per heavy atom. The van der Waals surface area contributed by atoms with Crippen molar-refractivity contribution in [2.75, 3.05) is 19.8 Å². The van der Waals surface area contributed by atoms with E-state index in [2.05, 4.69) is 17.5 Å². The van der Waals surface area contributed by atoms with Crippen LogP contribution in [0.3, 0.4) is 0 Å². The van der Waals surface area contributed by atoms with Gasteiger partial charge >= 0.3 is 0 Å². The lowest BCUT2D eigenvalue weighted by Gasteiger charge is -2.04.